The second-order valence-electron chi connectivity index (χ2n) is 11.2. The minimum atomic E-state index is -0.0516. The lowest BCUT2D eigenvalue weighted by molar-refractivity contribution is -0.119. The number of hydrogen-bond donors (Lipinski definition) is 1. The highest BCUT2D eigenvalue weighted by atomic mass is 16.3. The predicted octanol–water partition coefficient (Wildman–Crippen LogP) is 10.3. The van der Waals surface area contributed by atoms with E-state index in [2.05, 4.69) is 20.8 Å². The Hall–Kier alpha value is -0.370. The molecule has 1 unspecified atom stereocenters. The van der Waals surface area contributed by atoms with Crippen LogP contribution >= 0.6 is 0 Å². The number of carbonyl (C=O) groups excluding carboxylic acids is 1. The summed E-state index contributed by atoms with van der Waals surface area (Å²) in [6, 6.07) is 0. The van der Waals surface area contributed by atoms with Gasteiger partial charge in [-0.2, -0.15) is 0 Å². The van der Waals surface area contributed by atoms with E-state index in [0.717, 1.165) is 44.4 Å². The molecule has 2 nitrogen and oxygen atoms in total. The van der Waals surface area contributed by atoms with Crippen LogP contribution in [0.2, 0.25) is 0 Å². The standard InChI is InChI=1S/C31H62O2/c1-4-5-6-15-20-25-30(32)26-21-16-13-11-9-7-8-10-12-14-17-22-27-31(33)28-23-18-19-24-29(2)3/h29-30,32H,4-28H2,1-3H3. The smallest absolute Gasteiger partial charge is 0.132 e. The maximum Gasteiger partial charge on any atom is 0.132 e. The van der Waals surface area contributed by atoms with Crippen molar-refractivity contribution in [3.8, 4) is 0 Å². The van der Waals surface area contributed by atoms with E-state index in [1.54, 1.807) is 0 Å². The minimum absolute atomic E-state index is 0.0516. The van der Waals surface area contributed by atoms with Gasteiger partial charge >= 0.3 is 0 Å². The monoisotopic (exact) mass is 466 g/mol. The summed E-state index contributed by atoms with van der Waals surface area (Å²) in [4.78, 5) is 11.9. The van der Waals surface area contributed by atoms with Crippen LogP contribution in [0.1, 0.15) is 181 Å². The molecular weight excluding hydrogens is 404 g/mol. The molecule has 0 rings (SSSR count). The Morgan fingerprint density at radius 2 is 0.848 bits per heavy atom. The third-order valence-corrected chi connectivity index (χ3v) is 7.12. The van der Waals surface area contributed by atoms with E-state index in [1.807, 2.05) is 0 Å². The number of ketones is 1. The van der Waals surface area contributed by atoms with E-state index in [9.17, 15) is 9.90 Å². The average Bonchev–Trinajstić information content (AvgIpc) is 2.78. The SMILES string of the molecule is CCCCCCCC(O)CCCCCCCCCCCCCCC(=O)CCCCCC(C)C. The zero-order valence-corrected chi connectivity index (χ0v) is 23.2. The first-order valence-electron chi connectivity index (χ1n) is 15.3. The molecule has 0 aromatic rings. The highest BCUT2D eigenvalue weighted by molar-refractivity contribution is 5.78. The topological polar surface area (TPSA) is 37.3 Å². The van der Waals surface area contributed by atoms with Gasteiger partial charge in [-0.25, -0.2) is 0 Å². The van der Waals surface area contributed by atoms with Crippen molar-refractivity contribution in [3.63, 3.8) is 0 Å². The van der Waals surface area contributed by atoms with Crippen LogP contribution in [0.5, 0.6) is 0 Å². The van der Waals surface area contributed by atoms with Gasteiger partial charge in [0, 0.05) is 12.8 Å². The number of aliphatic hydroxyl groups is 1. The van der Waals surface area contributed by atoms with Crippen molar-refractivity contribution in [3.05, 3.63) is 0 Å². The number of carbonyl (C=O) groups is 1. The van der Waals surface area contributed by atoms with Gasteiger partial charge in [0.05, 0.1) is 6.10 Å². The molecule has 0 heterocycles. The van der Waals surface area contributed by atoms with Gasteiger partial charge in [-0.3, -0.25) is 4.79 Å². The van der Waals surface area contributed by atoms with Gasteiger partial charge in [0.25, 0.3) is 0 Å². The molecule has 0 bridgehead atoms. The quantitative estimate of drug-likeness (QED) is 0.122. The Balaban J connectivity index is 3.20. The molecule has 0 saturated heterocycles. The Labute approximate surface area is 209 Å². The predicted molar refractivity (Wildman–Crippen MR) is 147 cm³/mol. The van der Waals surface area contributed by atoms with Crippen LogP contribution in [0, 0.1) is 5.92 Å². The molecule has 0 aliphatic rings. The molecule has 0 amide bonds. The van der Waals surface area contributed by atoms with E-state index in [4.69, 9.17) is 0 Å². The van der Waals surface area contributed by atoms with Gasteiger partial charge in [-0.15, -0.1) is 0 Å². The fourth-order valence-corrected chi connectivity index (χ4v) is 4.77. The summed E-state index contributed by atoms with van der Waals surface area (Å²) >= 11 is 0. The van der Waals surface area contributed by atoms with Crippen molar-refractivity contribution in [2.75, 3.05) is 0 Å². The van der Waals surface area contributed by atoms with Gasteiger partial charge in [0.2, 0.25) is 0 Å². The van der Waals surface area contributed by atoms with Crippen LogP contribution < -0.4 is 0 Å². The highest BCUT2D eigenvalue weighted by Crippen LogP contribution is 2.16. The molecule has 2 heteroatoms. The van der Waals surface area contributed by atoms with Crippen molar-refractivity contribution in [2.24, 2.45) is 5.92 Å². The fraction of sp³-hybridized carbons (Fsp3) is 0.968. The van der Waals surface area contributed by atoms with Crippen molar-refractivity contribution in [2.45, 2.75) is 187 Å². The molecular formula is C31H62O2. The summed E-state index contributed by atoms with van der Waals surface area (Å²) in [5.74, 6) is 1.29. The molecule has 0 aromatic carbocycles. The van der Waals surface area contributed by atoms with Crippen LogP contribution in [0.15, 0.2) is 0 Å². The number of unbranched alkanes of at least 4 members (excludes halogenated alkanes) is 17. The van der Waals surface area contributed by atoms with Crippen LogP contribution in [0.3, 0.4) is 0 Å². The van der Waals surface area contributed by atoms with E-state index in [1.165, 1.54) is 122 Å². The summed E-state index contributed by atoms with van der Waals surface area (Å²) in [6.07, 6.45) is 30.7. The Morgan fingerprint density at radius 3 is 1.27 bits per heavy atom. The third kappa shape index (κ3) is 27.8. The van der Waals surface area contributed by atoms with Crippen LogP contribution in [0.25, 0.3) is 0 Å². The first-order valence-corrected chi connectivity index (χ1v) is 15.3. The largest absolute Gasteiger partial charge is 0.393 e. The molecule has 1 atom stereocenters. The van der Waals surface area contributed by atoms with Crippen molar-refractivity contribution in [1.82, 2.24) is 0 Å². The maximum atomic E-state index is 11.9. The Morgan fingerprint density at radius 1 is 0.515 bits per heavy atom. The molecule has 0 fully saturated rings. The van der Waals surface area contributed by atoms with Gasteiger partial charge in [-0.1, -0.05) is 143 Å². The fourth-order valence-electron chi connectivity index (χ4n) is 4.77. The van der Waals surface area contributed by atoms with Crippen molar-refractivity contribution in [1.29, 1.82) is 0 Å². The summed E-state index contributed by atoms with van der Waals surface area (Å²) in [5.41, 5.74) is 0. The molecule has 0 aliphatic heterocycles. The lowest BCUT2D eigenvalue weighted by Crippen LogP contribution is -2.05. The highest BCUT2D eigenvalue weighted by Gasteiger charge is 2.04. The normalized spacial score (nSPS) is 12.5. The van der Waals surface area contributed by atoms with Crippen LogP contribution in [-0.4, -0.2) is 17.0 Å². The van der Waals surface area contributed by atoms with Crippen molar-refractivity contribution >= 4 is 5.78 Å². The molecule has 1 N–H and O–H groups in total. The molecule has 0 radical (unpaired) electrons. The molecule has 0 aromatic heterocycles. The van der Waals surface area contributed by atoms with Gasteiger partial charge in [0.1, 0.15) is 5.78 Å². The van der Waals surface area contributed by atoms with E-state index in [-0.39, 0.29) is 6.10 Å². The number of aliphatic hydroxyl groups excluding tert-OH is 1. The molecule has 33 heavy (non-hydrogen) atoms. The first-order chi connectivity index (χ1) is 16.1. The molecule has 0 spiro atoms. The summed E-state index contributed by atoms with van der Waals surface area (Å²) in [7, 11) is 0. The van der Waals surface area contributed by atoms with E-state index >= 15 is 0 Å². The summed E-state index contributed by atoms with van der Waals surface area (Å²) < 4.78 is 0. The molecule has 198 valence electrons. The number of hydrogen-bond acceptors (Lipinski definition) is 2. The van der Waals surface area contributed by atoms with Crippen LogP contribution in [-0.2, 0) is 4.79 Å². The number of Topliss-reactive ketones (excluding diaryl/α,β-unsaturated/α-hetero) is 1. The maximum absolute atomic E-state index is 11.9. The Kier molecular flexibility index (Phi) is 25.9. The van der Waals surface area contributed by atoms with Gasteiger partial charge < -0.3 is 5.11 Å². The van der Waals surface area contributed by atoms with Gasteiger partial charge in [0.15, 0.2) is 0 Å². The Bertz CT molecular complexity index is 390. The summed E-state index contributed by atoms with van der Waals surface area (Å²) in [5, 5.41) is 10.1. The van der Waals surface area contributed by atoms with E-state index < -0.39 is 0 Å². The number of rotatable bonds is 27. The average molecular weight is 467 g/mol. The zero-order valence-electron chi connectivity index (χ0n) is 23.2. The molecule has 0 saturated carbocycles. The first kappa shape index (κ1) is 32.6. The zero-order chi connectivity index (χ0) is 24.4. The van der Waals surface area contributed by atoms with E-state index in [0.29, 0.717) is 5.78 Å². The van der Waals surface area contributed by atoms with Gasteiger partial charge in [-0.05, 0) is 31.6 Å². The lowest BCUT2D eigenvalue weighted by atomic mass is 10.0. The summed E-state index contributed by atoms with van der Waals surface area (Å²) in [6.45, 7) is 6.80. The lowest BCUT2D eigenvalue weighted by Gasteiger charge is -2.10. The van der Waals surface area contributed by atoms with Crippen LogP contribution in [0.4, 0.5) is 0 Å². The van der Waals surface area contributed by atoms with Crippen molar-refractivity contribution < 1.29 is 9.90 Å². The second kappa shape index (κ2) is 26.2. The third-order valence-electron chi connectivity index (χ3n) is 7.12. The molecule has 0 aliphatic carbocycles. The second-order valence-corrected chi connectivity index (χ2v) is 11.2. The minimum Gasteiger partial charge on any atom is -0.393 e.